The highest BCUT2D eigenvalue weighted by Gasteiger charge is 2.30. The van der Waals surface area contributed by atoms with Crippen LogP contribution in [0.2, 0.25) is 0 Å². The van der Waals surface area contributed by atoms with Crippen LogP contribution in [0.3, 0.4) is 0 Å². The van der Waals surface area contributed by atoms with Crippen molar-refractivity contribution in [3.8, 4) is 0 Å². The standard InChI is InChI=1S/C20H20N2O5/c23-18(20(26)27)22(15-9-3-2-8-14(15)19(24)25)17-11-5-4-10-16(17)21-12-6-1-7-13-21/h2-5,8-11H,1,6-7,12-13H2,(H,24,25)(H,26,27). The minimum atomic E-state index is -1.65. The first-order valence-electron chi connectivity index (χ1n) is 8.74. The van der Waals surface area contributed by atoms with Crippen LogP contribution < -0.4 is 9.80 Å². The Hall–Kier alpha value is -3.35. The topological polar surface area (TPSA) is 98.2 Å². The van der Waals surface area contributed by atoms with E-state index in [1.54, 1.807) is 18.2 Å². The molecule has 0 unspecified atom stereocenters. The zero-order valence-corrected chi connectivity index (χ0v) is 14.7. The van der Waals surface area contributed by atoms with Gasteiger partial charge in [-0.25, -0.2) is 9.59 Å². The number of carbonyl (C=O) groups excluding carboxylic acids is 1. The Morgan fingerprint density at radius 3 is 2.04 bits per heavy atom. The number of aliphatic carboxylic acids is 1. The van der Waals surface area contributed by atoms with E-state index in [0.717, 1.165) is 37.3 Å². The minimum absolute atomic E-state index is 0.0295. The molecule has 2 N–H and O–H groups in total. The summed E-state index contributed by atoms with van der Waals surface area (Å²) in [5.41, 5.74) is 0.967. The van der Waals surface area contributed by atoms with E-state index in [1.807, 2.05) is 12.1 Å². The summed E-state index contributed by atoms with van der Waals surface area (Å²) in [7, 11) is 0. The third-order valence-electron chi connectivity index (χ3n) is 4.58. The largest absolute Gasteiger partial charge is 0.478 e. The van der Waals surface area contributed by atoms with Gasteiger partial charge < -0.3 is 15.1 Å². The molecule has 0 aliphatic carbocycles. The Labute approximate surface area is 156 Å². The summed E-state index contributed by atoms with van der Waals surface area (Å²) in [5, 5.41) is 18.9. The van der Waals surface area contributed by atoms with Crippen LogP contribution in [0.25, 0.3) is 0 Å². The molecule has 1 saturated heterocycles. The second kappa shape index (κ2) is 7.90. The molecular weight excluding hydrogens is 348 g/mol. The van der Waals surface area contributed by atoms with Crippen LogP contribution in [0.5, 0.6) is 0 Å². The third-order valence-corrected chi connectivity index (χ3v) is 4.58. The number of aromatic carboxylic acids is 1. The predicted octanol–water partition coefficient (Wildman–Crippen LogP) is 3.12. The van der Waals surface area contributed by atoms with Crippen LogP contribution >= 0.6 is 0 Å². The summed E-state index contributed by atoms with van der Waals surface area (Å²) in [4.78, 5) is 38.8. The van der Waals surface area contributed by atoms with Crippen LogP contribution in [0, 0.1) is 0 Å². The molecule has 0 bridgehead atoms. The molecule has 2 aromatic rings. The first kappa shape index (κ1) is 18.4. The average Bonchev–Trinajstić information content (AvgIpc) is 2.69. The van der Waals surface area contributed by atoms with E-state index >= 15 is 0 Å². The molecule has 7 nitrogen and oxygen atoms in total. The van der Waals surface area contributed by atoms with E-state index in [2.05, 4.69) is 4.90 Å². The number of carboxylic acids is 2. The monoisotopic (exact) mass is 368 g/mol. The molecule has 27 heavy (non-hydrogen) atoms. The fourth-order valence-electron chi connectivity index (χ4n) is 3.35. The van der Waals surface area contributed by atoms with Gasteiger partial charge in [0.1, 0.15) is 0 Å². The maximum absolute atomic E-state index is 12.6. The van der Waals surface area contributed by atoms with Gasteiger partial charge in [0.15, 0.2) is 0 Å². The molecule has 3 rings (SSSR count). The summed E-state index contributed by atoms with van der Waals surface area (Å²) < 4.78 is 0. The molecule has 1 amide bonds. The summed E-state index contributed by atoms with van der Waals surface area (Å²) in [6.45, 7) is 1.60. The van der Waals surface area contributed by atoms with Gasteiger partial charge in [-0.15, -0.1) is 0 Å². The molecule has 0 atom stereocenters. The number of carbonyl (C=O) groups is 3. The van der Waals surface area contributed by atoms with Gasteiger partial charge in [-0.2, -0.15) is 0 Å². The van der Waals surface area contributed by atoms with E-state index in [-0.39, 0.29) is 11.3 Å². The van der Waals surface area contributed by atoms with E-state index in [1.165, 1.54) is 18.2 Å². The summed E-state index contributed by atoms with van der Waals surface area (Å²) in [6.07, 6.45) is 3.14. The molecule has 2 aromatic carbocycles. The number of piperidine rings is 1. The average molecular weight is 368 g/mol. The molecule has 0 saturated carbocycles. The number of hydrogen-bond acceptors (Lipinski definition) is 4. The van der Waals surface area contributed by atoms with Crippen molar-refractivity contribution in [2.24, 2.45) is 0 Å². The van der Waals surface area contributed by atoms with Crippen LogP contribution in [0.1, 0.15) is 29.6 Å². The first-order valence-corrected chi connectivity index (χ1v) is 8.74. The Balaban J connectivity index is 2.18. The number of hydrogen-bond donors (Lipinski definition) is 2. The molecular formula is C20H20N2O5. The van der Waals surface area contributed by atoms with Crippen LogP contribution in [-0.4, -0.2) is 41.1 Å². The van der Waals surface area contributed by atoms with Crippen molar-refractivity contribution in [3.63, 3.8) is 0 Å². The SMILES string of the molecule is O=C(O)C(=O)N(c1ccccc1C(=O)O)c1ccccc1N1CCCCC1. The number of anilines is 3. The molecule has 7 heteroatoms. The number of nitrogens with zero attached hydrogens (tertiary/aromatic N) is 2. The molecule has 0 spiro atoms. The molecule has 140 valence electrons. The molecule has 1 heterocycles. The predicted molar refractivity (Wildman–Crippen MR) is 101 cm³/mol. The lowest BCUT2D eigenvalue weighted by Crippen LogP contribution is -2.36. The Morgan fingerprint density at radius 1 is 0.815 bits per heavy atom. The second-order valence-corrected chi connectivity index (χ2v) is 6.30. The van der Waals surface area contributed by atoms with Gasteiger partial charge in [-0.1, -0.05) is 24.3 Å². The number of benzene rings is 2. The molecule has 1 fully saturated rings. The van der Waals surface area contributed by atoms with Crippen molar-refractivity contribution in [3.05, 3.63) is 54.1 Å². The Morgan fingerprint density at radius 2 is 1.41 bits per heavy atom. The summed E-state index contributed by atoms with van der Waals surface area (Å²) in [6, 6.07) is 12.9. The van der Waals surface area contributed by atoms with Gasteiger partial charge in [0.05, 0.1) is 22.6 Å². The Kier molecular flexibility index (Phi) is 5.40. The van der Waals surface area contributed by atoms with Gasteiger partial charge in [0.2, 0.25) is 0 Å². The fourth-order valence-corrected chi connectivity index (χ4v) is 3.35. The van der Waals surface area contributed by atoms with Gasteiger partial charge in [-0.05, 0) is 43.5 Å². The van der Waals surface area contributed by atoms with Crippen molar-refractivity contribution in [2.45, 2.75) is 19.3 Å². The first-order chi connectivity index (χ1) is 13.0. The van der Waals surface area contributed by atoms with Crippen molar-refractivity contribution >= 4 is 34.9 Å². The number of para-hydroxylation sites is 3. The van der Waals surface area contributed by atoms with Crippen LogP contribution in [-0.2, 0) is 9.59 Å². The molecule has 1 aliphatic rings. The maximum atomic E-state index is 12.6. The maximum Gasteiger partial charge on any atom is 0.395 e. The summed E-state index contributed by atoms with van der Waals surface area (Å²) >= 11 is 0. The van der Waals surface area contributed by atoms with Crippen molar-refractivity contribution in [1.29, 1.82) is 0 Å². The zero-order valence-electron chi connectivity index (χ0n) is 14.7. The van der Waals surface area contributed by atoms with Crippen LogP contribution in [0.15, 0.2) is 48.5 Å². The van der Waals surface area contributed by atoms with Crippen molar-refractivity contribution in [1.82, 2.24) is 0 Å². The summed E-state index contributed by atoms with van der Waals surface area (Å²) in [5.74, 6) is -4.08. The van der Waals surface area contributed by atoms with E-state index < -0.39 is 17.8 Å². The van der Waals surface area contributed by atoms with Gasteiger partial charge >= 0.3 is 17.8 Å². The lowest BCUT2D eigenvalue weighted by molar-refractivity contribution is -0.148. The minimum Gasteiger partial charge on any atom is -0.478 e. The van der Waals surface area contributed by atoms with Crippen molar-refractivity contribution < 1.29 is 24.6 Å². The van der Waals surface area contributed by atoms with E-state index in [4.69, 9.17) is 0 Å². The van der Waals surface area contributed by atoms with Gasteiger partial charge in [-0.3, -0.25) is 9.69 Å². The Bertz CT molecular complexity index is 874. The molecule has 1 aliphatic heterocycles. The van der Waals surface area contributed by atoms with Crippen molar-refractivity contribution in [2.75, 3.05) is 22.9 Å². The smallest absolute Gasteiger partial charge is 0.395 e. The van der Waals surface area contributed by atoms with E-state index in [0.29, 0.717) is 11.4 Å². The fraction of sp³-hybridized carbons (Fsp3) is 0.250. The molecule has 0 aromatic heterocycles. The van der Waals surface area contributed by atoms with Gasteiger partial charge in [0.25, 0.3) is 0 Å². The number of rotatable bonds is 4. The normalized spacial score (nSPS) is 13.9. The highest BCUT2D eigenvalue weighted by Crippen LogP contribution is 2.37. The number of amides is 1. The quantitative estimate of drug-likeness (QED) is 0.805. The lowest BCUT2D eigenvalue weighted by atomic mass is 10.1. The lowest BCUT2D eigenvalue weighted by Gasteiger charge is -2.33. The highest BCUT2D eigenvalue weighted by molar-refractivity contribution is 6.40. The second-order valence-electron chi connectivity index (χ2n) is 6.30. The van der Waals surface area contributed by atoms with E-state index in [9.17, 15) is 24.6 Å². The number of carboxylic acid groups (broad SMARTS) is 2. The van der Waals surface area contributed by atoms with Gasteiger partial charge in [0, 0.05) is 13.1 Å². The van der Waals surface area contributed by atoms with Crippen LogP contribution in [0.4, 0.5) is 17.1 Å². The third kappa shape index (κ3) is 3.76. The zero-order chi connectivity index (χ0) is 19.4. The highest BCUT2D eigenvalue weighted by atomic mass is 16.4. The molecule has 0 radical (unpaired) electrons.